The molecule has 2 unspecified atom stereocenters. The Bertz CT molecular complexity index is 862. The van der Waals surface area contributed by atoms with E-state index in [1.54, 1.807) is 0 Å². The van der Waals surface area contributed by atoms with Crippen LogP contribution in [-0.2, 0) is 11.3 Å². The van der Waals surface area contributed by atoms with Crippen molar-refractivity contribution in [3.63, 3.8) is 0 Å². The molecule has 4 rings (SSSR count). The molecule has 1 fully saturated rings. The number of hydrogen-bond donors (Lipinski definition) is 0. The molecule has 0 spiro atoms. The molecule has 27 heavy (non-hydrogen) atoms. The number of hydrogen-bond acceptors (Lipinski definition) is 2. The number of carbonyl (C=O) groups excluding carboxylic acids is 1. The summed E-state index contributed by atoms with van der Waals surface area (Å²) in [7, 11) is 0. The molecule has 2 bridgehead atoms. The van der Waals surface area contributed by atoms with Gasteiger partial charge in [-0.1, -0.05) is 65.7 Å². The Balaban J connectivity index is 1.53. The standard InChI is InChI=1S/C23H24ClNO2/c1-16-10-11-22(24)21(12-16)18-13-19-8-5-9-20(14-18)25(19)23(26)27-15-17-6-3-2-4-7-17/h2-4,6-7,10-13,19-20H,5,8-9,14-15H2,1H3. The maximum absolute atomic E-state index is 12.8. The van der Waals surface area contributed by atoms with Crippen LogP contribution in [0.4, 0.5) is 4.79 Å². The lowest BCUT2D eigenvalue weighted by Crippen LogP contribution is -2.51. The number of nitrogens with zero attached hydrogens (tertiary/aromatic N) is 1. The van der Waals surface area contributed by atoms with Gasteiger partial charge in [-0.05, 0) is 55.4 Å². The van der Waals surface area contributed by atoms with Crippen molar-refractivity contribution in [3.05, 3.63) is 76.3 Å². The van der Waals surface area contributed by atoms with E-state index in [-0.39, 0.29) is 18.2 Å². The second-order valence-electron chi connectivity index (χ2n) is 7.48. The molecule has 2 aliphatic heterocycles. The Hall–Kier alpha value is -2.26. The number of halogens is 1. The Labute approximate surface area is 165 Å². The van der Waals surface area contributed by atoms with Gasteiger partial charge < -0.3 is 4.74 Å². The summed E-state index contributed by atoms with van der Waals surface area (Å²) in [5.74, 6) is 0. The van der Waals surface area contributed by atoms with E-state index in [2.05, 4.69) is 19.1 Å². The quantitative estimate of drug-likeness (QED) is 0.652. The van der Waals surface area contributed by atoms with Crippen LogP contribution in [0.5, 0.6) is 0 Å². The average molecular weight is 382 g/mol. The van der Waals surface area contributed by atoms with E-state index in [1.807, 2.05) is 47.4 Å². The van der Waals surface area contributed by atoms with Gasteiger partial charge in [0.05, 0.1) is 6.04 Å². The van der Waals surface area contributed by atoms with E-state index < -0.39 is 0 Å². The molecule has 2 heterocycles. The molecule has 0 saturated carbocycles. The first-order valence-corrected chi connectivity index (χ1v) is 9.96. The minimum atomic E-state index is -0.209. The molecule has 2 aromatic carbocycles. The van der Waals surface area contributed by atoms with E-state index in [1.165, 1.54) is 11.1 Å². The highest BCUT2D eigenvalue weighted by atomic mass is 35.5. The van der Waals surface area contributed by atoms with Crippen molar-refractivity contribution >= 4 is 23.3 Å². The molecule has 3 nitrogen and oxygen atoms in total. The van der Waals surface area contributed by atoms with Crippen LogP contribution >= 0.6 is 11.6 Å². The van der Waals surface area contributed by atoms with E-state index in [0.29, 0.717) is 6.61 Å². The van der Waals surface area contributed by atoms with Gasteiger partial charge in [-0.25, -0.2) is 4.79 Å². The van der Waals surface area contributed by atoms with Crippen molar-refractivity contribution in [3.8, 4) is 0 Å². The minimum Gasteiger partial charge on any atom is -0.445 e. The van der Waals surface area contributed by atoms with Gasteiger partial charge in [-0.3, -0.25) is 4.90 Å². The monoisotopic (exact) mass is 381 g/mol. The molecular formula is C23H24ClNO2. The third kappa shape index (κ3) is 3.89. The lowest BCUT2D eigenvalue weighted by molar-refractivity contribution is 0.0510. The van der Waals surface area contributed by atoms with Crippen LogP contribution < -0.4 is 0 Å². The van der Waals surface area contributed by atoms with E-state index in [9.17, 15) is 4.79 Å². The van der Waals surface area contributed by atoms with Gasteiger partial charge in [0.2, 0.25) is 0 Å². The normalized spacial score (nSPS) is 21.6. The van der Waals surface area contributed by atoms with Crippen LogP contribution in [-0.4, -0.2) is 23.1 Å². The van der Waals surface area contributed by atoms with Crippen molar-refractivity contribution in [2.24, 2.45) is 0 Å². The maximum atomic E-state index is 12.8. The zero-order valence-electron chi connectivity index (χ0n) is 15.5. The lowest BCUT2D eigenvalue weighted by atomic mass is 9.83. The number of carbonyl (C=O) groups is 1. The van der Waals surface area contributed by atoms with Crippen molar-refractivity contribution in [2.45, 2.75) is 51.3 Å². The second-order valence-corrected chi connectivity index (χ2v) is 7.89. The van der Waals surface area contributed by atoms with E-state index in [0.717, 1.165) is 41.8 Å². The maximum Gasteiger partial charge on any atom is 0.410 e. The van der Waals surface area contributed by atoms with Gasteiger partial charge in [-0.2, -0.15) is 0 Å². The molecule has 1 saturated heterocycles. The number of ether oxygens (including phenoxy) is 1. The van der Waals surface area contributed by atoms with Crippen LogP contribution in [0.15, 0.2) is 54.6 Å². The molecule has 0 aromatic heterocycles. The number of fused-ring (bicyclic) bond motifs is 2. The Morgan fingerprint density at radius 3 is 2.78 bits per heavy atom. The fraction of sp³-hybridized carbons (Fsp3) is 0.348. The number of benzene rings is 2. The zero-order chi connectivity index (χ0) is 18.8. The molecule has 0 aliphatic carbocycles. The average Bonchev–Trinajstić information content (AvgIpc) is 2.68. The molecule has 0 radical (unpaired) electrons. The van der Waals surface area contributed by atoms with Crippen LogP contribution in [0, 0.1) is 6.92 Å². The van der Waals surface area contributed by atoms with Crippen LogP contribution in [0.3, 0.4) is 0 Å². The van der Waals surface area contributed by atoms with Crippen molar-refractivity contribution in [1.82, 2.24) is 4.90 Å². The first-order chi connectivity index (χ1) is 13.1. The summed E-state index contributed by atoms with van der Waals surface area (Å²) in [5.41, 5.74) is 4.57. The summed E-state index contributed by atoms with van der Waals surface area (Å²) in [4.78, 5) is 14.7. The largest absolute Gasteiger partial charge is 0.445 e. The van der Waals surface area contributed by atoms with Gasteiger partial charge in [0.1, 0.15) is 6.61 Å². The fourth-order valence-corrected chi connectivity index (χ4v) is 4.43. The molecule has 2 atom stereocenters. The topological polar surface area (TPSA) is 29.5 Å². The molecule has 4 heteroatoms. The summed E-state index contributed by atoms with van der Waals surface area (Å²) in [6.07, 6.45) is 5.98. The fourth-order valence-electron chi connectivity index (χ4n) is 4.19. The predicted molar refractivity (Wildman–Crippen MR) is 109 cm³/mol. The summed E-state index contributed by atoms with van der Waals surface area (Å²) in [6.45, 7) is 2.40. The summed E-state index contributed by atoms with van der Waals surface area (Å²) in [6, 6.07) is 16.2. The summed E-state index contributed by atoms with van der Waals surface area (Å²) in [5, 5.41) is 0.782. The minimum absolute atomic E-state index is 0.0901. The Morgan fingerprint density at radius 1 is 1.19 bits per heavy atom. The SMILES string of the molecule is Cc1ccc(Cl)c(C2=CC3CCCC(C2)N3C(=O)OCc2ccccc2)c1. The van der Waals surface area contributed by atoms with Crippen LogP contribution in [0.2, 0.25) is 5.02 Å². The van der Waals surface area contributed by atoms with Crippen molar-refractivity contribution < 1.29 is 9.53 Å². The second kappa shape index (κ2) is 7.77. The molecule has 2 aromatic rings. The highest BCUT2D eigenvalue weighted by molar-refractivity contribution is 6.32. The molecular weight excluding hydrogens is 358 g/mol. The van der Waals surface area contributed by atoms with E-state index >= 15 is 0 Å². The first kappa shape index (κ1) is 18.1. The molecule has 140 valence electrons. The summed E-state index contributed by atoms with van der Waals surface area (Å²) < 4.78 is 5.62. The van der Waals surface area contributed by atoms with E-state index in [4.69, 9.17) is 16.3 Å². The number of amides is 1. The van der Waals surface area contributed by atoms with Crippen LogP contribution in [0.1, 0.15) is 42.4 Å². The number of rotatable bonds is 3. The molecule has 1 amide bonds. The van der Waals surface area contributed by atoms with Crippen molar-refractivity contribution in [2.75, 3.05) is 0 Å². The van der Waals surface area contributed by atoms with Gasteiger partial charge in [0.15, 0.2) is 0 Å². The highest BCUT2D eigenvalue weighted by Crippen LogP contribution is 2.39. The lowest BCUT2D eigenvalue weighted by Gasteiger charge is -2.44. The van der Waals surface area contributed by atoms with Gasteiger partial charge in [0.25, 0.3) is 0 Å². The zero-order valence-corrected chi connectivity index (χ0v) is 16.3. The third-order valence-corrected chi connectivity index (χ3v) is 5.85. The third-order valence-electron chi connectivity index (χ3n) is 5.52. The first-order valence-electron chi connectivity index (χ1n) is 9.58. The molecule has 2 aliphatic rings. The van der Waals surface area contributed by atoms with Gasteiger partial charge in [-0.15, -0.1) is 0 Å². The number of piperidine rings is 1. The molecule has 0 N–H and O–H groups in total. The van der Waals surface area contributed by atoms with Gasteiger partial charge >= 0.3 is 6.09 Å². The predicted octanol–water partition coefficient (Wildman–Crippen LogP) is 6.00. The Kier molecular flexibility index (Phi) is 5.22. The number of aryl methyl sites for hydroxylation is 1. The van der Waals surface area contributed by atoms with Gasteiger partial charge in [0, 0.05) is 11.1 Å². The van der Waals surface area contributed by atoms with Crippen LogP contribution in [0.25, 0.3) is 5.57 Å². The van der Waals surface area contributed by atoms with Crippen molar-refractivity contribution in [1.29, 1.82) is 0 Å². The summed E-state index contributed by atoms with van der Waals surface area (Å²) >= 11 is 6.46. The Morgan fingerprint density at radius 2 is 2.00 bits per heavy atom. The smallest absolute Gasteiger partial charge is 0.410 e. The highest BCUT2D eigenvalue weighted by Gasteiger charge is 2.38.